The normalized spacial score (nSPS) is 27.7. The molecular formula is C19H31F3N2O5S. The summed E-state index contributed by atoms with van der Waals surface area (Å²) in [6.45, 7) is 3.20. The standard InChI is InChI=1S/C17H30N2O3S.C2HF3O2/c1-18-15(13-22-12-14-2-3-14)6-7-17(18)8-10-19(11-9-17)23(20,21)16-4-5-16;3-2(4,5)1(6)7/h14-16H,2-13H2,1H3;(H,6,7). The van der Waals surface area contributed by atoms with Gasteiger partial charge < -0.3 is 9.84 Å². The van der Waals surface area contributed by atoms with E-state index < -0.39 is 22.2 Å². The first-order valence-electron chi connectivity index (χ1n) is 10.6. The second kappa shape index (κ2) is 8.91. The van der Waals surface area contributed by atoms with Crippen molar-refractivity contribution in [2.45, 2.75) is 74.4 Å². The predicted octanol–water partition coefficient (Wildman–Crippen LogP) is 2.47. The number of likely N-dealkylation sites (N-methyl/N-ethyl adjacent to an activating group) is 1. The summed E-state index contributed by atoms with van der Waals surface area (Å²) in [5.74, 6) is -1.93. The molecule has 1 N–H and O–H groups in total. The highest BCUT2D eigenvalue weighted by Gasteiger charge is 2.49. The molecule has 0 aromatic heterocycles. The van der Waals surface area contributed by atoms with Crippen LogP contribution >= 0.6 is 0 Å². The summed E-state index contributed by atoms with van der Waals surface area (Å²) in [5.41, 5.74) is 0.211. The Hall–Kier alpha value is -0.910. The Morgan fingerprint density at radius 2 is 1.63 bits per heavy atom. The number of hydrogen-bond acceptors (Lipinski definition) is 5. The minimum absolute atomic E-state index is 0.0681. The molecule has 1 spiro atoms. The zero-order valence-electron chi connectivity index (χ0n) is 17.2. The van der Waals surface area contributed by atoms with Gasteiger partial charge in [-0.1, -0.05) is 0 Å². The average Bonchev–Trinajstić information content (AvgIpc) is 3.57. The van der Waals surface area contributed by atoms with Gasteiger partial charge in [0.1, 0.15) is 0 Å². The number of carbonyl (C=O) groups is 1. The van der Waals surface area contributed by atoms with Crippen molar-refractivity contribution in [3.8, 4) is 0 Å². The molecule has 4 rings (SSSR count). The van der Waals surface area contributed by atoms with Crippen LogP contribution in [-0.4, -0.2) is 85.1 Å². The molecule has 0 aromatic carbocycles. The second-order valence-electron chi connectivity index (χ2n) is 8.95. The highest BCUT2D eigenvalue weighted by atomic mass is 32.2. The Morgan fingerprint density at radius 3 is 2.10 bits per heavy atom. The molecule has 11 heteroatoms. The van der Waals surface area contributed by atoms with Crippen LogP contribution in [0.25, 0.3) is 0 Å². The van der Waals surface area contributed by atoms with Gasteiger partial charge in [0.15, 0.2) is 0 Å². The Kier molecular flexibility index (Phi) is 7.06. The number of ether oxygens (including phenoxy) is 1. The number of piperidine rings is 1. The molecule has 2 aliphatic heterocycles. The summed E-state index contributed by atoms with van der Waals surface area (Å²) in [4.78, 5) is 11.4. The number of carboxylic acid groups (broad SMARTS) is 1. The van der Waals surface area contributed by atoms with Gasteiger partial charge in [0.2, 0.25) is 10.0 Å². The van der Waals surface area contributed by atoms with Crippen molar-refractivity contribution in [2.24, 2.45) is 5.92 Å². The second-order valence-corrected chi connectivity index (χ2v) is 11.2. The molecule has 174 valence electrons. The molecule has 4 aliphatic rings. The highest BCUT2D eigenvalue weighted by Crippen LogP contribution is 2.42. The summed E-state index contributed by atoms with van der Waals surface area (Å²) >= 11 is 0. The molecule has 7 nitrogen and oxygen atoms in total. The third-order valence-electron chi connectivity index (χ3n) is 6.80. The minimum atomic E-state index is -5.08. The first-order chi connectivity index (χ1) is 14.0. The number of rotatable bonds is 6. The van der Waals surface area contributed by atoms with E-state index in [4.69, 9.17) is 14.6 Å². The molecule has 4 fully saturated rings. The van der Waals surface area contributed by atoms with E-state index in [0.717, 1.165) is 44.8 Å². The van der Waals surface area contributed by atoms with E-state index in [9.17, 15) is 21.6 Å². The molecule has 0 radical (unpaired) electrons. The minimum Gasteiger partial charge on any atom is -0.475 e. The summed E-state index contributed by atoms with van der Waals surface area (Å²) < 4.78 is 64.2. The van der Waals surface area contributed by atoms with E-state index in [1.807, 2.05) is 0 Å². The SMILES string of the molecule is CN1C(COCC2CC2)CCC12CCN(S(=O)(=O)C1CC1)CC2.O=C(O)C(F)(F)F. The quantitative estimate of drug-likeness (QED) is 0.661. The summed E-state index contributed by atoms with van der Waals surface area (Å²) in [6.07, 6.45) is 3.68. The van der Waals surface area contributed by atoms with E-state index in [1.54, 1.807) is 4.31 Å². The predicted molar refractivity (Wildman–Crippen MR) is 103 cm³/mol. The largest absolute Gasteiger partial charge is 0.490 e. The molecule has 2 aliphatic carbocycles. The fourth-order valence-electron chi connectivity index (χ4n) is 4.38. The highest BCUT2D eigenvalue weighted by molar-refractivity contribution is 7.90. The van der Waals surface area contributed by atoms with Crippen LogP contribution in [0.1, 0.15) is 51.4 Å². The van der Waals surface area contributed by atoms with Crippen molar-refractivity contribution in [1.82, 2.24) is 9.21 Å². The van der Waals surface area contributed by atoms with Crippen LogP contribution in [0.15, 0.2) is 0 Å². The van der Waals surface area contributed by atoms with E-state index in [1.165, 1.54) is 25.7 Å². The van der Waals surface area contributed by atoms with E-state index >= 15 is 0 Å². The van der Waals surface area contributed by atoms with Crippen LogP contribution < -0.4 is 0 Å². The lowest BCUT2D eigenvalue weighted by Gasteiger charge is -2.44. The lowest BCUT2D eigenvalue weighted by molar-refractivity contribution is -0.192. The molecule has 1 unspecified atom stereocenters. The molecule has 30 heavy (non-hydrogen) atoms. The maximum atomic E-state index is 12.4. The maximum absolute atomic E-state index is 12.4. The van der Waals surface area contributed by atoms with Crippen LogP contribution in [0.4, 0.5) is 13.2 Å². The summed E-state index contributed by atoms with van der Waals surface area (Å²) in [6, 6.07) is 0.514. The van der Waals surface area contributed by atoms with Gasteiger partial charge in [0.05, 0.1) is 11.9 Å². The van der Waals surface area contributed by atoms with Gasteiger partial charge in [0.25, 0.3) is 0 Å². The van der Waals surface area contributed by atoms with Gasteiger partial charge in [-0.05, 0) is 64.3 Å². The van der Waals surface area contributed by atoms with E-state index in [0.29, 0.717) is 19.1 Å². The van der Waals surface area contributed by atoms with Crippen molar-refractivity contribution < 1.29 is 36.2 Å². The molecule has 0 aromatic rings. The van der Waals surface area contributed by atoms with Crippen molar-refractivity contribution in [3.63, 3.8) is 0 Å². The molecule has 2 saturated heterocycles. The number of alkyl halides is 3. The number of halogens is 3. The number of sulfonamides is 1. The number of carboxylic acids is 1. The lowest BCUT2D eigenvalue weighted by Crippen LogP contribution is -2.54. The van der Waals surface area contributed by atoms with E-state index in [-0.39, 0.29) is 10.8 Å². The van der Waals surface area contributed by atoms with E-state index in [2.05, 4.69) is 11.9 Å². The summed E-state index contributed by atoms with van der Waals surface area (Å²) in [5, 5.41) is 7.06. The maximum Gasteiger partial charge on any atom is 0.490 e. The number of aliphatic carboxylic acids is 1. The monoisotopic (exact) mass is 456 g/mol. The average molecular weight is 457 g/mol. The van der Waals surface area contributed by atoms with Crippen LogP contribution in [0.2, 0.25) is 0 Å². The molecular weight excluding hydrogens is 425 g/mol. The topological polar surface area (TPSA) is 87.2 Å². The third-order valence-corrected chi connectivity index (χ3v) is 9.20. The van der Waals surface area contributed by atoms with Crippen LogP contribution in [-0.2, 0) is 19.6 Å². The molecule has 2 heterocycles. The van der Waals surface area contributed by atoms with Crippen molar-refractivity contribution >= 4 is 16.0 Å². The zero-order chi connectivity index (χ0) is 22.2. The molecule has 0 amide bonds. The Labute approximate surface area is 175 Å². The number of hydrogen-bond donors (Lipinski definition) is 1. The summed E-state index contributed by atoms with van der Waals surface area (Å²) in [7, 11) is -0.767. The first kappa shape index (κ1) is 23.7. The van der Waals surface area contributed by atoms with Crippen LogP contribution in [0.5, 0.6) is 0 Å². The third kappa shape index (κ3) is 5.66. The van der Waals surface area contributed by atoms with Crippen LogP contribution in [0, 0.1) is 5.92 Å². The fraction of sp³-hybridized carbons (Fsp3) is 0.947. The Morgan fingerprint density at radius 1 is 1.07 bits per heavy atom. The Bertz CT molecular complexity index is 714. The number of likely N-dealkylation sites (tertiary alicyclic amines) is 1. The lowest BCUT2D eigenvalue weighted by atomic mass is 9.86. The van der Waals surface area contributed by atoms with Crippen molar-refractivity contribution in [3.05, 3.63) is 0 Å². The van der Waals surface area contributed by atoms with Gasteiger partial charge in [-0.25, -0.2) is 17.5 Å². The van der Waals surface area contributed by atoms with Gasteiger partial charge in [-0.2, -0.15) is 13.2 Å². The molecule has 1 atom stereocenters. The van der Waals surface area contributed by atoms with Gasteiger partial charge in [0, 0.05) is 31.3 Å². The van der Waals surface area contributed by atoms with Gasteiger partial charge in [-0.15, -0.1) is 0 Å². The van der Waals surface area contributed by atoms with Crippen molar-refractivity contribution in [1.29, 1.82) is 0 Å². The zero-order valence-corrected chi connectivity index (χ0v) is 18.1. The van der Waals surface area contributed by atoms with Gasteiger partial charge in [-0.3, -0.25) is 4.90 Å². The first-order valence-corrected chi connectivity index (χ1v) is 12.1. The Balaban J connectivity index is 0.000000318. The van der Waals surface area contributed by atoms with Gasteiger partial charge >= 0.3 is 12.1 Å². The molecule has 2 saturated carbocycles. The fourth-order valence-corrected chi connectivity index (χ4v) is 6.22. The van der Waals surface area contributed by atoms with Crippen LogP contribution in [0.3, 0.4) is 0 Å². The molecule has 0 bridgehead atoms. The smallest absolute Gasteiger partial charge is 0.475 e. The van der Waals surface area contributed by atoms with Crippen molar-refractivity contribution in [2.75, 3.05) is 33.4 Å². The number of nitrogens with zero attached hydrogens (tertiary/aromatic N) is 2.